The molecule has 0 unspecified atom stereocenters. The van der Waals surface area contributed by atoms with E-state index in [1.165, 1.54) is 11.3 Å². The van der Waals surface area contributed by atoms with E-state index in [2.05, 4.69) is 15.5 Å². The highest BCUT2D eigenvalue weighted by Gasteiger charge is 2.13. The summed E-state index contributed by atoms with van der Waals surface area (Å²) in [7, 11) is 0. The first kappa shape index (κ1) is 14.2. The van der Waals surface area contributed by atoms with Crippen LogP contribution in [0.25, 0.3) is 0 Å². The number of hydrogen-bond donors (Lipinski definition) is 2. The van der Waals surface area contributed by atoms with Crippen LogP contribution in [0, 0.1) is 13.8 Å². The number of rotatable bonds is 3. The lowest BCUT2D eigenvalue weighted by atomic mass is 10.1. The van der Waals surface area contributed by atoms with E-state index >= 15 is 0 Å². The summed E-state index contributed by atoms with van der Waals surface area (Å²) in [6, 6.07) is 6.84. The average Bonchev–Trinajstić information content (AvgIpc) is 2.75. The Morgan fingerprint density at radius 1 is 1.35 bits per heavy atom. The van der Waals surface area contributed by atoms with E-state index in [-0.39, 0.29) is 11.7 Å². The van der Waals surface area contributed by atoms with E-state index in [0.29, 0.717) is 21.8 Å². The van der Waals surface area contributed by atoms with Crippen LogP contribution in [0.2, 0.25) is 0 Å². The van der Waals surface area contributed by atoms with Crippen molar-refractivity contribution in [2.45, 2.75) is 20.8 Å². The average molecular weight is 289 g/mol. The van der Waals surface area contributed by atoms with Crippen LogP contribution in [-0.4, -0.2) is 21.7 Å². The summed E-state index contributed by atoms with van der Waals surface area (Å²) in [5, 5.41) is 14.6. The zero-order chi connectivity index (χ0) is 14.7. The van der Waals surface area contributed by atoms with Crippen molar-refractivity contribution in [3.05, 3.63) is 45.4 Å². The number of aromatic hydroxyl groups is 1. The second kappa shape index (κ2) is 5.83. The maximum absolute atomic E-state index is 12.0. The molecule has 0 radical (unpaired) electrons. The van der Waals surface area contributed by atoms with Gasteiger partial charge in [-0.3, -0.25) is 4.79 Å². The van der Waals surface area contributed by atoms with E-state index in [1.54, 1.807) is 38.1 Å². The number of hydrazone groups is 1. The first-order valence-electron chi connectivity index (χ1n) is 6.06. The summed E-state index contributed by atoms with van der Waals surface area (Å²) in [4.78, 5) is 16.7. The summed E-state index contributed by atoms with van der Waals surface area (Å²) in [5.41, 5.74) is 4.31. The Hall–Kier alpha value is -2.21. The van der Waals surface area contributed by atoms with Crippen LogP contribution in [0.4, 0.5) is 0 Å². The Labute approximate surface area is 121 Å². The molecule has 1 heterocycles. The Bertz CT molecular complexity index is 677. The lowest BCUT2D eigenvalue weighted by Gasteiger charge is -2.04. The van der Waals surface area contributed by atoms with Crippen molar-refractivity contribution in [2.75, 3.05) is 0 Å². The Balaban J connectivity index is 2.15. The summed E-state index contributed by atoms with van der Waals surface area (Å²) < 4.78 is 0. The third kappa shape index (κ3) is 3.03. The van der Waals surface area contributed by atoms with Crippen LogP contribution < -0.4 is 5.43 Å². The highest BCUT2D eigenvalue weighted by molar-refractivity contribution is 7.13. The minimum absolute atomic E-state index is 0.132. The quantitative estimate of drug-likeness (QED) is 0.673. The minimum atomic E-state index is -0.289. The number of phenolic OH excluding ortho intramolecular Hbond substituents is 1. The first-order chi connectivity index (χ1) is 9.49. The Kier molecular flexibility index (Phi) is 4.14. The molecular formula is C14H15N3O2S. The van der Waals surface area contributed by atoms with E-state index in [4.69, 9.17) is 0 Å². The molecule has 2 N–H and O–H groups in total. The number of amides is 1. The number of hydrogen-bond acceptors (Lipinski definition) is 5. The zero-order valence-electron chi connectivity index (χ0n) is 11.5. The lowest BCUT2D eigenvalue weighted by Crippen LogP contribution is -2.19. The Morgan fingerprint density at radius 2 is 2.05 bits per heavy atom. The third-order valence-electron chi connectivity index (χ3n) is 2.73. The van der Waals surface area contributed by atoms with Gasteiger partial charge >= 0.3 is 0 Å². The number of carbonyl (C=O) groups is 1. The molecule has 0 aliphatic heterocycles. The molecule has 0 atom stereocenters. The number of para-hydroxylation sites is 1. The topological polar surface area (TPSA) is 74.6 Å². The van der Waals surface area contributed by atoms with Gasteiger partial charge < -0.3 is 5.11 Å². The molecule has 6 heteroatoms. The van der Waals surface area contributed by atoms with Crippen molar-refractivity contribution in [1.82, 2.24) is 10.4 Å². The van der Waals surface area contributed by atoms with Gasteiger partial charge in [-0.25, -0.2) is 10.4 Å². The lowest BCUT2D eigenvalue weighted by molar-refractivity contribution is 0.0958. The second-order valence-corrected chi connectivity index (χ2v) is 5.51. The number of aromatic nitrogens is 1. The molecule has 0 saturated heterocycles. The molecule has 5 nitrogen and oxygen atoms in total. The minimum Gasteiger partial charge on any atom is -0.507 e. The molecule has 0 spiro atoms. The predicted molar refractivity (Wildman–Crippen MR) is 79.4 cm³/mol. The van der Waals surface area contributed by atoms with Gasteiger partial charge in [0.05, 0.1) is 16.4 Å². The third-order valence-corrected chi connectivity index (χ3v) is 3.80. The number of phenols is 1. The molecule has 20 heavy (non-hydrogen) atoms. The van der Waals surface area contributed by atoms with Crippen LogP contribution in [0.15, 0.2) is 29.4 Å². The van der Waals surface area contributed by atoms with Crippen molar-refractivity contribution in [1.29, 1.82) is 0 Å². The smallest absolute Gasteiger partial charge is 0.283 e. The van der Waals surface area contributed by atoms with Crippen molar-refractivity contribution in [2.24, 2.45) is 5.10 Å². The fourth-order valence-electron chi connectivity index (χ4n) is 1.77. The number of carbonyl (C=O) groups excluding carboxylic acids is 1. The standard InChI is InChI=1S/C14H15N3O2S/c1-8(11-6-4-5-7-12(11)18)16-17-14(19)13-9(2)15-10(3)20-13/h4-7,18H,1-3H3,(H,17,19). The van der Waals surface area contributed by atoms with Crippen molar-refractivity contribution < 1.29 is 9.90 Å². The van der Waals surface area contributed by atoms with Crippen LogP contribution in [0.3, 0.4) is 0 Å². The number of aryl methyl sites for hydroxylation is 2. The number of nitrogens with one attached hydrogen (secondary N) is 1. The van der Waals surface area contributed by atoms with Gasteiger partial charge in [0.1, 0.15) is 10.6 Å². The summed E-state index contributed by atoms with van der Waals surface area (Å²) in [5.74, 6) is -0.157. The van der Waals surface area contributed by atoms with Crippen molar-refractivity contribution in [3.8, 4) is 5.75 Å². The largest absolute Gasteiger partial charge is 0.507 e. The molecule has 0 bridgehead atoms. The maximum Gasteiger partial charge on any atom is 0.283 e. The first-order valence-corrected chi connectivity index (χ1v) is 6.87. The van der Waals surface area contributed by atoms with Crippen LogP contribution in [0.5, 0.6) is 5.75 Å². The van der Waals surface area contributed by atoms with Crippen molar-refractivity contribution >= 4 is 23.0 Å². The molecule has 1 aromatic heterocycles. The molecule has 0 saturated carbocycles. The molecular weight excluding hydrogens is 274 g/mol. The normalized spacial score (nSPS) is 11.4. The van der Waals surface area contributed by atoms with Gasteiger partial charge in [-0.05, 0) is 32.9 Å². The molecule has 104 valence electrons. The molecule has 1 amide bonds. The molecule has 2 aromatic rings. The SMILES string of the molecule is CC(=NNC(=O)c1sc(C)nc1C)c1ccccc1O. The van der Waals surface area contributed by atoms with Crippen LogP contribution in [0.1, 0.15) is 32.9 Å². The molecule has 0 fully saturated rings. The molecule has 0 aliphatic carbocycles. The van der Waals surface area contributed by atoms with Gasteiger partial charge in [-0.15, -0.1) is 11.3 Å². The monoisotopic (exact) mass is 289 g/mol. The van der Waals surface area contributed by atoms with E-state index in [1.807, 2.05) is 6.92 Å². The van der Waals surface area contributed by atoms with Crippen LogP contribution >= 0.6 is 11.3 Å². The molecule has 1 aromatic carbocycles. The van der Waals surface area contributed by atoms with Crippen LogP contribution in [-0.2, 0) is 0 Å². The fraction of sp³-hybridized carbons (Fsp3) is 0.214. The van der Waals surface area contributed by atoms with Gasteiger partial charge in [0.2, 0.25) is 0 Å². The fourth-order valence-corrected chi connectivity index (χ4v) is 2.58. The van der Waals surface area contributed by atoms with Gasteiger partial charge in [0.25, 0.3) is 5.91 Å². The highest BCUT2D eigenvalue weighted by atomic mass is 32.1. The summed E-state index contributed by atoms with van der Waals surface area (Å²) in [6.45, 7) is 5.36. The van der Waals surface area contributed by atoms with Crippen molar-refractivity contribution in [3.63, 3.8) is 0 Å². The summed E-state index contributed by atoms with van der Waals surface area (Å²) in [6.07, 6.45) is 0. The predicted octanol–water partition coefficient (Wildman–Crippen LogP) is 2.62. The van der Waals surface area contributed by atoms with Gasteiger partial charge in [0.15, 0.2) is 0 Å². The zero-order valence-corrected chi connectivity index (χ0v) is 12.3. The van der Waals surface area contributed by atoms with Gasteiger partial charge in [0, 0.05) is 5.56 Å². The Morgan fingerprint density at radius 3 is 2.65 bits per heavy atom. The van der Waals surface area contributed by atoms with Gasteiger partial charge in [-0.2, -0.15) is 5.10 Å². The highest BCUT2D eigenvalue weighted by Crippen LogP contribution is 2.18. The van der Waals surface area contributed by atoms with E-state index < -0.39 is 0 Å². The summed E-state index contributed by atoms with van der Waals surface area (Å²) >= 11 is 1.33. The molecule has 0 aliphatic rings. The van der Waals surface area contributed by atoms with E-state index in [0.717, 1.165) is 5.01 Å². The van der Waals surface area contributed by atoms with Gasteiger partial charge in [-0.1, -0.05) is 12.1 Å². The van der Waals surface area contributed by atoms with E-state index in [9.17, 15) is 9.90 Å². The number of benzene rings is 1. The maximum atomic E-state index is 12.0. The number of nitrogens with zero attached hydrogens (tertiary/aromatic N) is 2. The second-order valence-electron chi connectivity index (χ2n) is 4.30. The molecule has 2 rings (SSSR count). The number of thiazole rings is 1.